The average Bonchev–Trinajstić information content (AvgIpc) is 2.08. The van der Waals surface area contributed by atoms with Crippen molar-refractivity contribution < 1.29 is 14.7 Å². The van der Waals surface area contributed by atoms with Gasteiger partial charge in [-0.25, -0.2) is 0 Å². The predicted molar refractivity (Wildman–Crippen MR) is 55.2 cm³/mol. The Balaban J connectivity index is 2.67. The summed E-state index contributed by atoms with van der Waals surface area (Å²) in [5, 5.41) is 11.6. The third-order valence-corrected chi connectivity index (χ3v) is 3.15. The minimum Gasteiger partial charge on any atom is -0.481 e. The van der Waals surface area contributed by atoms with E-state index in [9.17, 15) is 9.59 Å². The Bertz CT molecular complexity index is 272. The Labute approximate surface area is 89.0 Å². The second-order valence-electron chi connectivity index (χ2n) is 4.30. The summed E-state index contributed by atoms with van der Waals surface area (Å²) in [6.45, 7) is 3.36. The molecule has 0 aliphatic heterocycles. The lowest BCUT2D eigenvalue weighted by Crippen LogP contribution is -2.67. The minimum absolute atomic E-state index is 0.150. The van der Waals surface area contributed by atoms with Crippen LogP contribution in [0.2, 0.25) is 0 Å². The standard InChI is InChI=1S/C10H18N2O3/c1-3-8(11)10(12-6(2)13)4-7(5-10)9(14)15/h7-8H,3-5,11H2,1-2H3,(H,12,13)(H,14,15). The molecule has 0 saturated heterocycles. The maximum atomic E-state index is 11.0. The molecule has 0 aromatic carbocycles. The number of hydrogen-bond donors (Lipinski definition) is 3. The zero-order valence-electron chi connectivity index (χ0n) is 9.12. The number of aliphatic carboxylic acids is 1. The molecular weight excluding hydrogens is 196 g/mol. The molecule has 0 aromatic heterocycles. The summed E-state index contributed by atoms with van der Waals surface area (Å²) in [4.78, 5) is 21.7. The van der Waals surface area contributed by atoms with E-state index in [2.05, 4.69) is 5.32 Å². The van der Waals surface area contributed by atoms with Gasteiger partial charge in [-0.1, -0.05) is 6.92 Å². The molecule has 0 radical (unpaired) electrons. The van der Waals surface area contributed by atoms with Gasteiger partial charge in [-0.3, -0.25) is 9.59 Å². The minimum atomic E-state index is -0.806. The van der Waals surface area contributed by atoms with Gasteiger partial charge < -0.3 is 16.2 Å². The quantitative estimate of drug-likeness (QED) is 0.618. The Kier molecular flexibility index (Phi) is 3.34. The van der Waals surface area contributed by atoms with Crippen molar-refractivity contribution in [1.29, 1.82) is 0 Å². The highest BCUT2D eigenvalue weighted by molar-refractivity contribution is 5.76. The van der Waals surface area contributed by atoms with Gasteiger partial charge in [0, 0.05) is 13.0 Å². The number of carbonyl (C=O) groups is 2. The number of amides is 1. The maximum absolute atomic E-state index is 11.0. The van der Waals surface area contributed by atoms with Crippen LogP contribution in [-0.2, 0) is 9.59 Å². The summed E-state index contributed by atoms with van der Waals surface area (Å²) >= 11 is 0. The van der Waals surface area contributed by atoms with Gasteiger partial charge in [0.15, 0.2) is 0 Å². The predicted octanol–water partition coefficient (Wildman–Crippen LogP) is 0.0932. The number of rotatable bonds is 4. The van der Waals surface area contributed by atoms with Crippen molar-refractivity contribution in [3.05, 3.63) is 0 Å². The fourth-order valence-corrected chi connectivity index (χ4v) is 2.23. The molecule has 1 fully saturated rings. The van der Waals surface area contributed by atoms with Gasteiger partial charge in [-0.2, -0.15) is 0 Å². The van der Waals surface area contributed by atoms with Gasteiger partial charge >= 0.3 is 5.97 Å². The van der Waals surface area contributed by atoms with Crippen molar-refractivity contribution in [3.8, 4) is 0 Å². The lowest BCUT2D eigenvalue weighted by molar-refractivity contribution is -0.150. The van der Waals surface area contributed by atoms with Crippen molar-refractivity contribution >= 4 is 11.9 Å². The van der Waals surface area contributed by atoms with Crippen LogP contribution in [0.1, 0.15) is 33.1 Å². The molecule has 1 unspecified atom stereocenters. The van der Waals surface area contributed by atoms with E-state index in [1.54, 1.807) is 0 Å². The Morgan fingerprint density at radius 2 is 2.13 bits per heavy atom. The first-order valence-corrected chi connectivity index (χ1v) is 5.18. The van der Waals surface area contributed by atoms with Gasteiger partial charge in [0.25, 0.3) is 0 Å². The molecule has 0 bridgehead atoms. The molecule has 1 saturated carbocycles. The molecule has 15 heavy (non-hydrogen) atoms. The molecule has 0 heterocycles. The van der Waals surface area contributed by atoms with E-state index in [0.717, 1.165) is 6.42 Å². The maximum Gasteiger partial charge on any atom is 0.306 e. The largest absolute Gasteiger partial charge is 0.481 e. The van der Waals surface area contributed by atoms with Crippen molar-refractivity contribution in [3.63, 3.8) is 0 Å². The molecule has 5 nitrogen and oxygen atoms in total. The number of carbonyl (C=O) groups excluding carboxylic acids is 1. The van der Waals surface area contributed by atoms with Gasteiger partial charge in [0.2, 0.25) is 5.91 Å². The van der Waals surface area contributed by atoms with Gasteiger partial charge in [0.05, 0.1) is 11.5 Å². The Morgan fingerprint density at radius 1 is 1.60 bits per heavy atom. The van der Waals surface area contributed by atoms with Crippen LogP contribution in [0, 0.1) is 5.92 Å². The van der Waals surface area contributed by atoms with Crippen molar-refractivity contribution in [2.24, 2.45) is 11.7 Å². The fourth-order valence-electron chi connectivity index (χ4n) is 2.23. The lowest BCUT2D eigenvalue weighted by atomic mass is 9.64. The van der Waals surface area contributed by atoms with Gasteiger partial charge in [-0.15, -0.1) is 0 Å². The van der Waals surface area contributed by atoms with Crippen molar-refractivity contribution in [2.45, 2.75) is 44.7 Å². The molecule has 1 aliphatic carbocycles. The molecule has 1 rings (SSSR count). The van der Waals surface area contributed by atoms with Crippen LogP contribution >= 0.6 is 0 Å². The first-order valence-electron chi connectivity index (χ1n) is 5.18. The number of nitrogens with one attached hydrogen (secondary N) is 1. The Morgan fingerprint density at radius 3 is 2.47 bits per heavy atom. The Hall–Kier alpha value is -1.10. The van der Waals surface area contributed by atoms with E-state index in [4.69, 9.17) is 10.8 Å². The third-order valence-electron chi connectivity index (χ3n) is 3.15. The van der Waals surface area contributed by atoms with Crippen molar-refractivity contribution in [1.82, 2.24) is 5.32 Å². The van der Waals surface area contributed by atoms with Crippen LogP contribution in [0.15, 0.2) is 0 Å². The molecular formula is C10H18N2O3. The summed E-state index contributed by atoms with van der Waals surface area (Å²) in [6, 6.07) is -0.169. The van der Waals surface area contributed by atoms with Crippen LogP contribution in [0.4, 0.5) is 0 Å². The summed E-state index contributed by atoms with van der Waals surface area (Å²) in [7, 11) is 0. The highest BCUT2D eigenvalue weighted by Crippen LogP contribution is 2.40. The van der Waals surface area contributed by atoms with Crippen molar-refractivity contribution in [2.75, 3.05) is 0 Å². The summed E-state index contributed by atoms with van der Waals surface area (Å²) in [5.74, 6) is -1.32. The molecule has 0 spiro atoms. The number of hydrogen-bond acceptors (Lipinski definition) is 3. The molecule has 0 aromatic rings. The number of carboxylic acids is 1. The number of nitrogens with two attached hydrogens (primary N) is 1. The van der Waals surface area contributed by atoms with E-state index in [1.165, 1.54) is 6.92 Å². The molecule has 1 aliphatic rings. The summed E-state index contributed by atoms with van der Waals surface area (Å²) in [5.41, 5.74) is 5.42. The normalized spacial score (nSPS) is 31.5. The molecule has 86 valence electrons. The average molecular weight is 214 g/mol. The molecule has 4 N–H and O–H groups in total. The van der Waals surface area contributed by atoms with Crippen LogP contribution in [0.25, 0.3) is 0 Å². The van der Waals surface area contributed by atoms with Crippen LogP contribution in [0.3, 0.4) is 0 Å². The molecule has 1 amide bonds. The molecule has 1 atom stereocenters. The lowest BCUT2D eigenvalue weighted by Gasteiger charge is -2.49. The first kappa shape index (κ1) is 12.0. The van der Waals surface area contributed by atoms with Gasteiger partial charge in [0.1, 0.15) is 0 Å². The summed E-state index contributed by atoms with van der Waals surface area (Å²) < 4.78 is 0. The van der Waals surface area contributed by atoms with Gasteiger partial charge in [-0.05, 0) is 19.3 Å². The van der Waals surface area contributed by atoms with E-state index < -0.39 is 11.5 Å². The SMILES string of the molecule is CCC(N)C1(NC(C)=O)CC(C(=O)O)C1. The van der Waals surface area contributed by atoms with E-state index in [0.29, 0.717) is 12.8 Å². The zero-order chi connectivity index (χ0) is 11.6. The third kappa shape index (κ3) is 2.28. The second kappa shape index (κ2) is 4.18. The summed E-state index contributed by atoms with van der Waals surface area (Å²) in [6.07, 6.45) is 1.61. The first-order chi connectivity index (χ1) is 6.91. The van der Waals surface area contributed by atoms with E-state index in [-0.39, 0.29) is 17.9 Å². The molecule has 5 heteroatoms. The van der Waals surface area contributed by atoms with E-state index >= 15 is 0 Å². The highest BCUT2D eigenvalue weighted by Gasteiger charge is 2.51. The number of carboxylic acid groups (broad SMARTS) is 1. The van der Waals surface area contributed by atoms with Crippen LogP contribution in [0.5, 0.6) is 0 Å². The fraction of sp³-hybridized carbons (Fsp3) is 0.800. The second-order valence-corrected chi connectivity index (χ2v) is 4.30. The monoisotopic (exact) mass is 214 g/mol. The smallest absolute Gasteiger partial charge is 0.306 e. The van der Waals surface area contributed by atoms with E-state index in [1.807, 2.05) is 6.92 Å². The zero-order valence-corrected chi connectivity index (χ0v) is 9.12. The topological polar surface area (TPSA) is 92.4 Å². The highest BCUT2D eigenvalue weighted by atomic mass is 16.4. The van der Waals surface area contributed by atoms with Crippen LogP contribution < -0.4 is 11.1 Å². The van der Waals surface area contributed by atoms with Crippen LogP contribution in [-0.4, -0.2) is 28.6 Å².